The van der Waals surface area contributed by atoms with Gasteiger partial charge >= 0.3 is 0 Å². The summed E-state index contributed by atoms with van der Waals surface area (Å²) in [5, 5.41) is 16.4. The molecule has 0 aliphatic carbocycles. The molecule has 0 saturated heterocycles. The Bertz CT molecular complexity index is 718. The summed E-state index contributed by atoms with van der Waals surface area (Å²) in [6, 6.07) is 10.00. The molecule has 108 valence electrons. The van der Waals surface area contributed by atoms with Crippen molar-refractivity contribution in [3.05, 3.63) is 52.5 Å². The van der Waals surface area contributed by atoms with Crippen LogP contribution in [-0.4, -0.2) is 18.1 Å². The Hall–Kier alpha value is -2.40. The van der Waals surface area contributed by atoms with Crippen molar-refractivity contribution in [1.82, 2.24) is 5.32 Å². The zero-order valence-corrected chi connectivity index (χ0v) is 11.9. The number of methoxy groups -OCH3 is 1. The Labute approximate surface area is 126 Å². The van der Waals surface area contributed by atoms with Gasteiger partial charge in [-0.25, -0.2) is 0 Å². The van der Waals surface area contributed by atoms with Gasteiger partial charge in [0.25, 0.3) is 5.91 Å². The number of carbonyl (C=O) groups is 1. The van der Waals surface area contributed by atoms with Crippen molar-refractivity contribution in [2.75, 3.05) is 12.4 Å². The number of benzene rings is 2. The highest BCUT2D eigenvalue weighted by Crippen LogP contribution is 2.32. The van der Waals surface area contributed by atoms with Gasteiger partial charge in [-0.1, -0.05) is 17.7 Å². The predicted molar refractivity (Wildman–Crippen MR) is 79.9 cm³/mol. The number of hydrogen-bond acceptors (Lipinski definition) is 4. The smallest absolute Gasteiger partial charge is 0.255 e. The summed E-state index contributed by atoms with van der Waals surface area (Å²) in [7, 11) is 1.48. The van der Waals surface area contributed by atoms with Crippen LogP contribution in [0, 0.1) is 0 Å². The number of carbonyl (C=O) groups excluding carboxylic acids is 1. The molecule has 2 aromatic rings. The second-order valence-corrected chi connectivity index (χ2v) is 5.11. The highest BCUT2D eigenvalue weighted by Gasteiger charge is 2.25. The minimum Gasteiger partial charge on any atom is -0.504 e. The van der Waals surface area contributed by atoms with Crippen molar-refractivity contribution in [3.8, 4) is 11.5 Å². The SMILES string of the molecule is COc1ccc(C2NC(=O)c3ccc(Cl)cc3N2)cc1O. The van der Waals surface area contributed by atoms with Gasteiger partial charge in [-0.3, -0.25) is 4.79 Å². The van der Waals surface area contributed by atoms with Crippen molar-refractivity contribution in [2.24, 2.45) is 0 Å². The number of phenols is 1. The van der Waals surface area contributed by atoms with Crippen LogP contribution in [0.25, 0.3) is 0 Å². The fourth-order valence-electron chi connectivity index (χ4n) is 2.29. The Morgan fingerprint density at radius 2 is 2.00 bits per heavy atom. The number of rotatable bonds is 2. The van der Waals surface area contributed by atoms with E-state index in [1.54, 1.807) is 36.4 Å². The van der Waals surface area contributed by atoms with Crippen LogP contribution >= 0.6 is 11.6 Å². The third-order valence-corrected chi connectivity index (χ3v) is 3.57. The molecule has 0 bridgehead atoms. The van der Waals surface area contributed by atoms with Crippen LogP contribution < -0.4 is 15.4 Å². The highest BCUT2D eigenvalue weighted by atomic mass is 35.5. The average molecular weight is 305 g/mol. The Balaban J connectivity index is 1.95. The van der Waals surface area contributed by atoms with Gasteiger partial charge in [-0.15, -0.1) is 0 Å². The molecule has 1 aliphatic heterocycles. The molecule has 21 heavy (non-hydrogen) atoms. The van der Waals surface area contributed by atoms with Crippen LogP contribution in [0.4, 0.5) is 5.69 Å². The van der Waals surface area contributed by atoms with E-state index in [0.29, 0.717) is 27.6 Å². The number of phenolic OH excluding ortho intramolecular Hbond substituents is 1. The maximum atomic E-state index is 12.1. The number of nitrogens with one attached hydrogen (secondary N) is 2. The minimum atomic E-state index is -0.444. The van der Waals surface area contributed by atoms with Crippen LogP contribution in [0.1, 0.15) is 22.1 Å². The zero-order chi connectivity index (χ0) is 15.0. The molecule has 6 heteroatoms. The molecule has 1 atom stereocenters. The summed E-state index contributed by atoms with van der Waals surface area (Å²) < 4.78 is 5.01. The summed E-state index contributed by atoms with van der Waals surface area (Å²) in [5.74, 6) is 0.202. The summed E-state index contributed by atoms with van der Waals surface area (Å²) in [5.41, 5.74) is 1.91. The second kappa shape index (κ2) is 5.18. The Kier molecular flexibility index (Phi) is 3.35. The van der Waals surface area contributed by atoms with E-state index < -0.39 is 6.17 Å². The van der Waals surface area contributed by atoms with Crippen molar-refractivity contribution in [2.45, 2.75) is 6.17 Å². The number of aromatic hydroxyl groups is 1. The number of ether oxygens (including phenoxy) is 1. The van der Waals surface area contributed by atoms with E-state index in [2.05, 4.69) is 10.6 Å². The molecule has 5 nitrogen and oxygen atoms in total. The van der Waals surface area contributed by atoms with Gasteiger partial charge in [0.1, 0.15) is 6.17 Å². The molecule has 2 aromatic carbocycles. The summed E-state index contributed by atoms with van der Waals surface area (Å²) >= 11 is 5.95. The zero-order valence-electron chi connectivity index (χ0n) is 11.2. The van der Waals surface area contributed by atoms with Crippen LogP contribution in [0.15, 0.2) is 36.4 Å². The molecule has 3 N–H and O–H groups in total. The number of amides is 1. The number of fused-ring (bicyclic) bond motifs is 1. The van der Waals surface area contributed by atoms with Crippen LogP contribution in [0.5, 0.6) is 11.5 Å². The van der Waals surface area contributed by atoms with Gasteiger partial charge in [-0.2, -0.15) is 0 Å². The van der Waals surface area contributed by atoms with E-state index in [4.69, 9.17) is 16.3 Å². The molecule has 0 aromatic heterocycles. The standard InChI is InChI=1S/C15H13ClN2O3/c1-21-13-5-2-8(6-12(13)19)14-17-11-7-9(16)3-4-10(11)15(20)18-14/h2-7,14,17,19H,1H3,(H,18,20). The normalized spacial score (nSPS) is 16.7. The fourth-order valence-corrected chi connectivity index (χ4v) is 2.46. The first-order chi connectivity index (χ1) is 10.1. The van der Waals surface area contributed by atoms with Crippen LogP contribution in [-0.2, 0) is 0 Å². The summed E-state index contributed by atoms with van der Waals surface area (Å²) in [6.45, 7) is 0. The second-order valence-electron chi connectivity index (χ2n) is 4.67. The first kappa shape index (κ1) is 13.6. The number of anilines is 1. The van der Waals surface area contributed by atoms with E-state index in [1.165, 1.54) is 7.11 Å². The molecular formula is C15H13ClN2O3. The van der Waals surface area contributed by atoms with Crippen LogP contribution in [0.3, 0.4) is 0 Å². The van der Waals surface area contributed by atoms with E-state index in [0.717, 1.165) is 0 Å². The maximum Gasteiger partial charge on any atom is 0.255 e. The van der Waals surface area contributed by atoms with Gasteiger partial charge in [0.15, 0.2) is 11.5 Å². The fraction of sp³-hybridized carbons (Fsp3) is 0.133. The molecule has 1 aliphatic rings. The van der Waals surface area contributed by atoms with E-state index >= 15 is 0 Å². The third kappa shape index (κ3) is 2.48. The monoisotopic (exact) mass is 304 g/mol. The molecule has 0 spiro atoms. The van der Waals surface area contributed by atoms with Crippen molar-refractivity contribution >= 4 is 23.2 Å². The number of halogens is 1. The van der Waals surface area contributed by atoms with Crippen molar-refractivity contribution in [3.63, 3.8) is 0 Å². The van der Waals surface area contributed by atoms with E-state index in [-0.39, 0.29) is 11.7 Å². The lowest BCUT2D eigenvalue weighted by Gasteiger charge is -2.28. The van der Waals surface area contributed by atoms with E-state index in [9.17, 15) is 9.90 Å². The lowest BCUT2D eigenvalue weighted by molar-refractivity contribution is 0.0935. The van der Waals surface area contributed by atoms with Crippen molar-refractivity contribution in [1.29, 1.82) is 0 Å². The van der Waals surface area contributed by atoms with Gasteiger partial charge in [0.2, 0.25) is 0 Å². The Morgan fingerprint density at radius 3 is 2.71 bits per heavy atom. The van der Waals surface area contributed by atoms with Gasteiger partial charge in [-0.05, 0) is 35.9 Å². The average Bonchev–Trinajstić information content (AvgIpc) is 2.46. The number of hydrogen-bond donors (Lipinski definition) is 3. The largest absolute Gasteiger partial charge is 0.504 e. The molecular weight excluding hydrogens is 292 g/mol. The quantitative estimate of drug-likeness (QED) is 0.798. The van der Waals surface area contributed by atoms with Crippen LogP contribution in [0.2, 0.25) is 5.02 Å². The third-order valence-electron chi connectivity index (χ3n) is 3.34. The van der Waals surface area contributed by atoms with E-state index in [1.807, 2.05) is 0 Å². The van der Waals surface area contributed by atoms with Gasteiger partial charge in [0, 0.05) is 5.02 Å². The molecule has 0 saturated carbocycles. The Morgan fingerprint density at radius 1 is 1.19 bits per heavy atom. The molecule has 3 rings (SSSR count). The topological polar surface area (TPSA) is 70.6 Å². The molecule has 0 radical (unpaired) electrons. The molecule has 1 amide bonds. The first-order valence-corrected chi connectivity index (χ1v) is 6.70. The summed E-state index contributed by atoms with van der Waals surface area (Å²) in [6.07, 6.45) is -0.444. The summed E-state index contributed by atoms with van der Waals surface area (Å²) in [4.78, 5) is 12.1. The van der Waals surface area contributed by atoms with Gasteiger partial charge < -0.3 is 20.5 Å². The maximum absolute atomic E-state index is 12.1. The lowest BCUT2D eigenvalue weighted by atomic mass is 10.1. The highest BCUT2D eigenvalue weighted by molar-refractivity contribution is 6.31. The molecule has 1 unspecified atom stereocenters. The first-order valence-electron chi connectivity index (χ1n) is 6.32. The minimum absolute atomic E-state index is 0.0166. The molecule has 0 fully saturated rings. The molecule has 1 heterocycles. The van der Waals surface area contributed by atoms with Gasteiger partial charge in [0.05, 0.1) is 18.4 Å². The lowest BCUT2D eigenvalue weighted by Crippen LogP contribution is -2.38. The predicted octanol–water partition coefficient (Wildman–Crippen LogP) is 2.91. The van der Waals surface area contributed by atoms with Crippen molar-refractivity contribution < 1.29 is 14.6 Å².